The molecule has 5 rings (SSSR count). The summed E-state index contributed by atoms with van der Waals surface area (Å²) < 4.78 is 16.8. The quantitative estimate of drug-likeness (QED) is 0.439. The van der Waals surface area contributed by atoms with Crippen LogP contribution >= 0.6 is 0 Å². The second kappa shape index (κ2) is 8.35. The number of carbonyl (C=O) groups excluding carboxylic acids is 1. The number of aromatic nitrogens is 3. The second-order valence-electron chi connectivity index (χ2n) is 8.04. The molecule has 2 heterocycles. The van der Waals surface area contributed by atoms with Crippen molar-refractivity contribution in [2.75, 3.05) is 5.32 Å². The van der Waals surface area contributed by atoms with Crippen LogP contribution in [0, 0.1) is 12.7 Å². The SMILES string of the molecule is Cc1ccc(NC(=O)Cn2nc3c4ccccc4n(Cc4cccc(F)c4)cc-3c2=O)cc1. The Kier molecular flexibility index (Phi) is 5.22. The molecule has 0 saturated carbocycles. The lowest BCUT2D eigenvalue weighted by Crippen LogP contribution is -2.26. The first-order valence-corrected chi connectivity index (χ1v) is 10.6. The van der Waals surface area contributed by atoms with Crippen LogP contribution in [0.3, 0.4) is 0 Å². The minimum Gasteiger partial charge on any atom is -0.342 e. The number of carbonyl (C=O) groups is 1. The van der Waals surface area contributed by atoms with Gasteiger partial charge in [-0.3, -0.25) is 9.59 Å². The van der Waals surface area contributed by atoms with Crippen molar-refractivity contribution in [3.05, 3.63) is 106 Å². The molecular weight excluding hydrogens is 419 g/mol. The minimum absolute atomic E-state index is 0.195. The summed E-state index contributed by atoms with van der Waals surface area (Å²) in [4.78, 5) is 25.7. The van der Waals surface area contributed by atoms with Crippen LogP contribution in [0.15, 0.2) is 83.8 Å². The van der Waals surface area contributed by atoms with E-state index in [2.05, 4.69) is 10.4 Å². The highest BCUT2D eigenvalue weighted by atomic mass is 19.1. The smallest absolute Gasteiger partial charge is 0.278 e. The molecule has 0 unspecified atom stereocenters. The molecule has 1 amide bonds. The molecule has 164 valence electrons. The molecule has 0 fully saturated rings. The molecule has 3 aromatic rings. The van der Waals surface area contributed by atoms with Gasteiger partial charge in [0.25, 0.3) is 5.56 Å². The first kappa shape index (κ1) is 20.6. The number of anilines is 1. The summed E-state index contributed by atoms with van der Waals surface area (Å²) in [5.74, 6) is -0.642. The zero-order chi connectivity index (χ0) is 22.9. The third-order valence-corrected chi connectivity index (χ3v) is 5.56. The monoisotopic (exact) mass is 440 g/mol. The van der Waals surface area contributed by atoms with Crippen molar-refractivity contribution >= 4 is 22.5 Å². The largest absolute Gasteiger partial charge is 0.342 e. The van der Waals surface area contributed by atoms with Crippen LogP contribution in [0.5, 0.6) is 0 Å². The molecule has 1 N–H and O–H groups in total. The fraction of sp³-hybridized carbons (Fsp3) is 0.115. The molecule has 0 aliphatic carbocycles. The molecule has 0 aromatic heterocycles. The Morgan fingerprint density at radius 3 is 2.61 bits per heavy atom. The van der Waals surface area contributed by atoms with Crippen LogP contribution in [0.1, 0.15) is 11.1 Å². The van der Waals surface area contributed by atoms with E-state index in [0.717, 1.165) is 22.0 Å². The van der Waals surface area contributed by atoms with E-state index in [-0.39, 0.29) is 23.8 Å². The lowest BCUT2D eigenvalue weighted by Gasteiger charge is -2.14. The van der Waals surface area contributed by atoms with Crippen molar-refractivity contribution in [1.82, 2.24) is 14.3 Å². The van der Waals surface area contributed by atoms with E-state index < -0.39 is 0 Å². The third kappa shape index (κ3) is 4.13. The van der Waals surface area contributed by atoms with Crippen LogP contribution in [-0.4, -0.2) is 20.3 Å². The summed E-state index contributed by atoms with van der Waals surface area (Å²) in [6.07, 6.45) is 1.73. The van der Waals surface area contributed by atoms with E-state index in [9.17, 15) is 14.0 Å². The summed E-state index contributed by atoms with van der Waals surface area (Å²) in [6, 6.07) is 21.4. The Hall–Kier alpha value is -4.26. The number of rotatable bonds is 5. The number of hydrogen-bond donors (Lipinski definition) is 1. The van der Waals surface area contributed by atoms with Gasteiger partial charge in [-0.2, -0.15) is 5.10 Å². The lowest BCUT2D eigenvalue weighted by atomic mass is 10.1. The van der Waals surface area contributed by atoms with Crippen molar-refractivity contribution in [3.63, 3.8) is 0 Å². The Bertz CT molecular complexity index is 1500. The third-order valence-electron chi connectivity index (χ3n) is 5.56. The van der Waals surface area contributed by atoms with E-state index in [4.69, 9.17) is 0 Å². The molecule has 0 saturated heterocycles. The Morgan fingerprint density at radius 2 is 1.82 bits per heavy atom. The molecule has 0 atom stereocenters. The summed E-state index contributed by atoms with van der Waals surface area (Å²) in [5, 5.41) is 8.06. The summed E-state index contributed by atoms with van der Waals surface area (Å²) in [7, 11) is 0. The molecule has 0 bridgehead atoms. The lowest BCUT2D eigenvalue weighted by molar-refractivity contribution is -0.116. The van der Waals surface area contributed by atoms with E-state index in [1.54, 1.807) is 12.3 Å². The van der Waals surface area contributed by atoms with Gasteiger partial charge in [0.15, 0.2) is 0 Å². The molecule has 2 aliphatic heterocycles. The summed E-state index contributed by atoms with van der Waals surface area (Å²) in [6.45, 7) is 2.17. The minimum atomic E-state index is -0.345. The Morgan fingerprint density at radius 1 is 1.03 bits per heavy atom. The average Bonchev–Trinajstić information content (AvgIpc) is 3.11. The standard InChI is InChI=1S/C26H21FN4O2/c1-17-9-11-20(12-10-17)28-24(32)16-31-26(33)22-15-30(14-18-5-4-6-19(27)13-18)23-8-3-2-7-21(23)25(22)29-31/h2-13,15H,14,16H2,1H3,(H,28,32). The number of fused-ring (bicyclic) bond motifs is 3. The van der Waals surface area contributed by atoms with Crippen molar-refractivity contribution in [1.29, 1.82) is 0 Å². The number of benzene rings is 3. The van der Waals surface area contributed by atoms with Gasteiger partial charge in [-0.1, -0.05) is 48.0 Å². The highest BCUT2D eigenvalue weighted by Gasteiger charge is 2.21. The highest BCUT2D eigenvalue weighted by Crippen LogP contribution is 2.28. The first-order valence-electron chi connectivity index (χ1n) is 10.6. The second-order valence-corrected chi connectivity index (χ2v) is 8.04. The van der Waals surface area contributed by atoms with Gasteiger partial charge in [-0.25, -0.2) is 9.07 Å². The maximum absolute atomic E-state index is 13.7. The molecule has 2 aliphatic rings. The van der Waals surface area contributed by atoms with Crippen molar-refractivity contribution in [2.24, 2.45) is 0 Å². The van der Waals surface area contributed by atoms with E-state index >= 15 is 0 Å². The van der Waals surface area contributed by atoms with Gasteiger partial charge >= 0.3 is 0 Å². The molecule has 0 radical (unpaired) electrons. The molecule has 0 spiro atoms. The fourth-order valence-corrected chi connectivity index (χ4v) is 3.97. The van der Waals surface area contributed by atoms with Gasteiger partial charge in [0, 0.05) is 23.8 Å². The van der Waals surface area contributed by atoms with Gasteiger partial charge in [-0.05, 0) is 42.8 Å². The zero-order valence-corrected chi connectivity index (χ0v) is 18.0. The molecule has 7 heteroatoms. The predicted molar refractivity (Wildman–Crippen MR) is 126 cm³/mol. The number of hydrogen-bond acceptors (Lipinski definition) is 3. The van der Waals surface area contributed by atoms with Crippen LogP contribution in [0.4, 0.5) is 10.1 Å². The summed E-state index contributed by atoms with van der Waals surface area (Å²) >= 11 is 0. The number of aryl methyl sites for hydroxylation is 1. The number of nitrogens with zero attached hydrogens (tertiary/aromatic N) is 3. The van der Waals surface area contributed by atoms with Crippen LogP contribution < -0.4 is 10.9 Å². The number of halogens is 1. The van der Waals surface area contributed by atoms with E-state index in [1.807, 2.05) is 66.1 Å². The molecule has 33 heavy (non-hydrogen) atoms. The number of pyridine rings is 1. The van der Waals surface area contributed by atoms with Crippen LogP contribution in [0.2, 0.25) is 0 Å². The van der Waals surface area contributed by atoms with Crippen molar-refractivity contribution in [2.45, 2.75) is 20.0 Å². The van der Waals surface area contributed by atoms with Crippen molar-refractivity contribution in [3.8, 4) is 11.3 Å². The van der Waals surface area contributed by atoms with Crippen molar-refractivity contribution < 1.29 is 9.18 Å². The van der Waals surface area contributed by atoms with Gasteiger partial charge in [0.2, 0.25) is 5.91 Å². The van der Waals surface area contributed by atoms with Crippen LogP contribution in [0.25, 0.3) is 22.2 Å². The van der Waals surface area contributed by atoms with E-state index in [0.29, 0.717) is 23.5 Å². The number of amides is 1. The maximum atomic E-state index is 13.7. The Balaban J connectivity index is 1.52. The normalized spacial score (nSPS) is 11.2. The zero-order valence-electron chi connectivity index (χ0n) is 18.0. The number of para-hydroxylation sites is 1. The molecule has 3 aromatic carbocycles. The molecule has 6 nitrogen and oxygen atoms in total. The first-order chi connectivity index (χ1) is 16.0. The van der Waals surface area contributed by atoms with E-state index in [1.165, 1.54) is 16.8 Å². The topological polar surface area (TPSA) is 68.9 Å². The van der Waals surface area contributed by atoms with Gasteiger partial charge in [-0.15, -0.1) is 0 Å². The Labute approximate surface area is 189 Å². The van der Waals surface area contributed by atoms with Crippen LogP contribution in [-0.2, 0) is 17.9 Å². The maximum Gasteiger partial charge on any atom is 0.278 e. The number of nitrogens with one attached hydrogen (secondary N) is 1. The fourth-order valence-electron chi connectivity index (χ4n) is 3.97. The van der Waals surface area contributed by atoms with Gasteiger partial charge in [0.05, 0.1) is 11.1 Å². The van der Waals surface area contributed by atoms with Gasteiger partial charge in [0.1, 0.15) is 18.1 Å². The molecular formula is C26H21FN4O2. The van der Waals surface area contributed by atoms with Gasteiger partial charge < -0.3 is 9.88 Å². The highest BCUT2D eigenvalue weighted by molar-refractivity contribution is 5.94. The predicted octanol–water partition coefficient (Wildman–Crippen LogP) is 4.44. The summed E-state index contributed by atoms with van der Waals surface area (Å²) in [5.41, 5.74) is 4.00. The average molecular weight is 440 g/mol.